The first-order chi connectivity index (χ1) is 8.71. The number of rotatable bonds is 6. The average molecular weight is 271 g/mol. The Morgan fingerprint density at radius 2 is 2.21 bits per heavy atom. The maximum atomic E-state index is 11.7. The van der Waals surface area contributed by atoms with Crippen LogP contribution in [0.5, 0.6) is 0 Å². The molecule has 0 aromatic carbocycles. The highest BCUT2D eigenvalue weighted by Gasteiger charge is 2.24. The molecule has 1 aromatic heterocycles. The lowest BCUT2D eigenvalue weighted by atomic mass is 10.1. The number of nitro groups is 1. The van der Waals surface area contributed by atoms with Crippen molar-refractivity contribution < 1.29 is 19.2 Å². The van der Waals surface area contributed by atoms with Crippen LogP contribution in [0.1, 0.15) is 17.5 Å². The number of nitrogens with zero attached hydrogens (tertiary/aromatic N) is 2. The average Bonchev–Trinajstić information content (AvgIpc) is 2.73. The predicted octanol–water partition coefficient (Wildman–Crippen LogP) is 0.230. The molecule has 1 amide bonds. The molecule has 0 aliphatic carbocycles. The molecule has 19 heavy (non-hydrogen) atoms. The highest BCUT2D eigenvalue weighted by molar-refractivity contribution is 5.91. The van der Waals surface area contributed by atoms with E-state index in [2.05, 4.69) is 5.32 Å². The van der Waals surface area contributed by atoms with E-state index in [1.54, 1.807) is 25.9 Å². The molecule has 0 spiro atoms. The number of hydrogen-bond donors (Lipinski definition) is 2. The fraction of sp³-hybridized carbons (Fsp3) is 0.545. The molecule has 0 fully saturated rings. The highest BCUT2D eigenvalue weighted by Crippen LogP contribution is 2.15. The van der Waals surface area contributed by atoms with Crippen molar-refractivity contribution in [2.75, 3.05) is 27.2 Å². The zero-order chi connectivity index (χ0) is 14.6. The van der Waals surface area contributed by atoms with Crippen LogP contribution in [0.15, 0.2) is 16.5 Å². The summed E-state index contributed by atoms with van der Waals surface area (Å²) in [5.74, 6) is -1.26. The first kappa shape index (κ1) is 15.1. The zero-order valence-corrected chi connectivity index (χ0v) is 11.0. The van der Waals surface area contributed by atoms with Crippen LogP contribution in [-0.4, -0.2) is 53.6 Å². The number of furan rings is 1. The Balaban J connectivity index is 2.57. The van der Waals surface area contributed by atoms with Crippen LogP contribution in [0.2, 0.25) is 0 Å². The van der Waals surface area contributed by atoms with Gasteiger partial charge in [0, 0.05) is 13.1 Å². The van der Waals surface area contributed by atoms with Gasteiger partial charge >= 0.3 is 5.88 Å². The van der Waals surface area contributed by atoms with Gasteiger partial charge in [0.25, 0.3) is 5.91 Å². The monoisotopic (exact) mass is 271 g/mol. The second-order valence-electron chi connectivity index (χ2n) is 4.81. The Kier molecular flexibility index (Phi) is 4.62. The van der Waals surface area contributed by atoms with Crippen LogP contribution in [0.3, 0.4) is 0 Å². The Morgan fingerprint density at radius 1 is 1.58 bits per heavy atom. The summed E-state index contributed by atoms with van der Waals surface area (Å²) in [6.45, 7) is 1.96. The van der Waals surface area contributed by atoms with E-state index in [0.29, 0.717) is 6.54 Å². The number of amides is 1. The lowest BCUT2D eigenvalue weighted by Crippen LogP contribution is -2.47. The summed E-state index contributed by atoms with van der Waals surface area (Å²) in [6.07, 6.45) is 0. The molecule has 0 bridgehead atoms. The van der Waals surface area contributed by atoms with E-state index < -0.39 is 22.3 Å². The van der Waals surface area contributed by atoms with Crippen LogP contribution in [0.25, 0.3) is 0 Å². The van der Waals surface area contributed by atoms with Gasteiger partial charge in [0.05, 0.1) is 11.7 Å². The third kappa shape index (κ3) is 4.68. The van der Waals surface area contributed by atoms with Crippen molar-refractivity contribution in [2.45, 2.75) is 12.5 Å². The standard InChI is InChI=1S/C11H17N3O5/c1-11(16,7-13(2)3)6-12-10(15)8-4-5-9(19-8)14(17)18/h4-5,16H,6-7H2,1-3H3,(H,12,15). The van der Waals surface area contributed by atoms with Crippen molar-refractivity contribution in [3.63, 3.8) is 0 Å². The highest BCUT2D eigenvalue weighted by atomic mass is 16.6. The summed E-state index contributed by atoms with van der Waals surface area (Å²) in [5.41, 5.74) is -1.10. The van der Waals surface area contributed by atoms with Crippen molar-refractivity contribution in [1.82, 2.24) is 10.2 Å². The Morgan fingerprint density at radius 3 is 2.68 bits per heavy atom. The summed E-state index contributed by atoms with van der Waals surface area (Å²) >= 11 is 0. The van der Waals surface area contributed by atoms with Gasteiger partial charge in [-0.15, -0.1) is 0 Å². The molecule has 0 saturated heterocycles. The molecule has 8 heteroatoms. The molecule has 1 atom stereocenters. The van der Waals surface area contributed by atoms with Crippen molar-refractivity contribution in [1.29, 1.82) is 0 Å². The molecule has 1 rings (SSSR count). The lowest BCUT2D eigenvalue weighted by Gasteiger charge is -2.26. The van der Waals surface area contributed by atoms with E-state index in [9.17, 15) is 20.0 Å². The zero-order valence-electron chi connectivity index (χ0n) is 11.0. The molecule has 0 aliphatic heterocycles. The largest absolute Gasteiger partial charge is 0.433 e. The summed E-state index contributed by atoms with van der Waals surface area (Å²) < 4.78 is 4.75. The van der Waals surface area contributed by atoms with Gasteiger partial charge in [-0.05, 0) is 27.1 Å². The summed E-state index contributed by atoms with van der Waals surface area (Å²) in [5, 5.41) is 22.9. The number of likely N-dealkylation sites (N-methyl/N-ethyl adjacent to an activating group) is 1. The second kappa shape index (κ2) is 5.81. The Labute approximate surface area is 110 Å². The van der Waals surface area contributed by atoms with Gasteiger partial charge in [0.1, 0.15) is 4.92 Å². The SMILES string of the molecule is CN(C)CC(C)(O)CNC(=O)c1ccc([N+](=O)[O-])o1. The van der Waals surface area contributed by atoms with E-state index in [-0.39, 0.29) is 12.3 Å². The first-order valence-electron chi connectivity index (χ1n) is 5.61. The minimum atomic E-state index is -1.10. The van der Waals surface area contributed by atoms with Crippen molar-refractivity contribution >= 4 is 11.8 Å². The van der Waals surface area contributed by atoms with Crippen molar-refractivity contribution in [3.05, 3.63) is 28.0 Å². The van der Waals surface area contributed by atoms with Gasteiger partial charge in [-0.3, -0.25) is 14.9 Å². The number of hydrogen-bond acceptors (Lipinski definition) is 6. The molecule has 0 radical (unpaired) electrons. The summed E-state index contributed by atoms with van der Waals surface area (Å²) in [7, 11) is 3.60. The fourth-order valence-corrected chi connectivity index (χ4v) is 1.64. The van der Waals surface area contributed by atoms with E-state index in [1.165, 1.54) is 6.07 Å². The quantitative estimate of drug-likeness (QED) is 0.566. The van der Waals surface area contributed by atoms with Crippen LogP contribution in [0.4, 0.5) is 5.88 Å². The van der Waals surface area contributed by atoms with Gasteiger partial charge in [0.2, 0.25) is 0 Å². The topological polar surface area (TPSA) is 109 Å². The van der Waals surface area contributed by atoms with Crippen LogP contribution in [-0.2, 0) is 0 Å². The van der Waals surface area contributed by atoms with Gasteiger partial charge in [-0.2, -0.15) is 0 Å². The molecule has 1 aromatic rings. The van der Waals surface area contributed by atoms with Crippen molar-refractivity contribution in [3.8, 4) is 0 Å². The smallest absolute Gasteiger partial charge is 0.395 e. The maximum absolute atomic E-state index is 11.7. The molecule has 0 aliphatic rings. The third-order valence-electron chi connectivity index (χ3n) is 2.28. The molecule has 8 nitrogen and oxygen atoms in total. The van der Waals surface area contributed by atoms with E-state index in [1.807, 2.05) is 0 Å². The lowest BCUT2D eigenvalue weighted by molar-refractivity contribution is -0.402. The Bertz CT molecular complexity index is 467. The molecule has 1 heterocycles. The number of aliphatic hydroxyl groups is 1. The van der Waals surface area contributed by atoms with E-state index >= 15 is 0 Å². The molecule has 0 saturated carbocycles. The number of carbonyl (C=O) groups excluding carboxylic acids is 1. The van der Waals surface area contributed by atoms with Gasteiger partial charge in [-0.1, -0.05) is 0 Å². The molecule has 1 unspecified atom stereocenters. The minimum Gasteiger partial charge on any atom is -0.395 e. The van der Waals surface area contributed by atoms with E-state index in [4.69, 9.17) is 4.42 Å². The molecular formula is C11H17N3O5. The van der Waals surface area contributed by atoms with Crippen LogP contribution in [0, 0.1) is 10.1 Å². The van der Waals surface area contributed by atoms with Gasteiger partial charge in [0.15, 0.2) is 5.76 Å². The number of nitrogens with one attached hydrogen (secondary N) is 1. The minimum absolute atomic E-state index is 0.0124. The van der Waals surface area contributed by atoms with Crippen LogP contribution < -0.4 is 5.32 Å². The van der Waals surface area contributed by atoms with Gasteiger partial charge < -0.3 is 19.7 Å². The summed E-state index contributed by atoms with van der Waals surface area (Å²) in [6, 6.07) is 2.32. The fourth-order valence-electron chi connectivity index (χ4n) is 1.64. The summed E-state index contributed by atoms with van der Waals surface area (Å²) in [4.78, 5) is 23.1. The Hall–Kier alpha value is -1.93. The van der Waals surface area contributed by atoms with Crippen molar-refractivity contribution in [2.24, 2.45) is 0 Å². The third-order valence-corrected chi connectivity index (χ3v) is 2.28. The first-order valence-corrected chi connectivity index (χ1v) is 5.61. The molecule has 106 valence electrons. The van der Waals surface area contributed by atoms with Crippen LogP contribution >= 0.6 is 0 Å². The normalized spacial score (nSPS) is 14.2. The second-order valence-corrected chi connectivity index (χ2v) is 4.81. The number of carbonyl (C=O) groups is 1. The van der Waals surface area contributed by atoms with E-state index in [0.717, 1.165) is 6.07 Å². The van der Waals surface area contributed by atoms with Gasteiger partial charge in [-0.25, -0.2) is 0 Å². The predicted molar refractivity (Wildman–Crippen MR) is 66.9 cm³/mol. The maximum Gasteiger partial charge on any atom is 0.433 e. The molecule has 2 N–H and O–H groups in total. The molecular weight excluding hydrogens is 254 g/mol.